The molecule has 0 aromatic carbocycles. The summed E-state index contributed by atoms with van der Waals surface area (Å²) in [5.74, 6) is 2.90. The standard InChI is InChI=1S/C15H28N4S/c1-12(2)9-19-15(17-11-18-19)8-13(16-3)10-20-14-6-4-5-7-14/h11-14,16H,4-10H2,1-3H3. The predicted octanol–water partition coefficient (Wildman–Crippen LogP) is 2.74. The fourth-order valence-corrected chi connectivity index (χ4v) is 4.17. The second-order valence-electron chi connectivity index (χ2n) is 6.18. The zero-order chi connectivity index (χ0) is 14.4. The van der Waals surface area contributed by atoms with Gasteiger partial charge in [-0.2, -0.15) is 16.9 Å². The number of thioether (sulfide) groups is 1. The molecule has 0 spiro atoms. The molecule has 1 fully saturated rings. The van der Waals surface area contributed by atoms with E-state index in [-0.39, 0.29) is 0 Å². The molecule has 1 aliphatic rings. The molecule has 0 amide bonds. The molecule has 114 valence electrons. The Hall–Kier alpha value is -0.550. The largest absolute Gasteiger partial charge is 0.316 e. The molecule has 4 nitrogen and oxygen atoms in total. The Balaban J connectivity index is 1.84. The summed E-state index contributed by atoms with van der Waals surface area (Å²) in [6.07, 6.45) is 8.32. The summed E-state index contributed by atoms with van der Waals surface area (Å²) < 4.78 is 2.06. The zero-order valence-electron chi connectivity index (χ0n) is 13.0. The monoisotopic (exact) mass is 296 g/mol. The van der Waals surface area contributed by atoms with Crippen LogP contribution >= 0.6 is 11.8 Å². The average Bonchev–Trinajstić information content (AvgIpc) is 3.06. The van der Waals surface area contributed by atoms with E-state index in [9.17, 15) is 0 Å². The minimum Gasteiger partial charge on any atom is -0.316 e. The van der Waals surface area contributed by atoms with Crippen molar-refractivity contribution in [2.75, 3.05) is 12.8 Å². The van der Waals surface area contributed by atoms with Crippen LogP contribution in [0.15, 0.2) is 6.33 Å². The minimum atomic E-state index is 0.496. The second kappa shape index (κ2) is 8.03. The molecule has 1 aromatic heterocycles. The summed E-state index contributed by atoms with van der Waals surface area (Å²) in [5, 5.41) is 8.68. The van der Waals surface area contributed by atoms with Crippen LogP contribution in [0.2, 0.25) is 0 Å². The third kappa shape index (κ3) is 4.77. The summed E-state index contributed by atoms with van der Waals surface area (Å²) >= 11 is 2.14. The van der Waals surface area contributed by atoms with Crippen LogP contribution in [-0.2, 0) is 13.0 Å². The minimum absolute atomic E-state index is 0.496. The molecule has 1 heterocycles. The first kappa shape index (κ1) is 15.8. The van der Waals surface area contributed by atoms with Crippen molar-refractivity contribution in [1.82, 2.24) is 20.1 Å². The van der Waals surface area contributed by atoms with Crippen molar-refractivity contribution < 1.29 is 0 Å². The van der Waals surface area contributed by atoms with Crippen LogP contribution in [0.25, 0.3) is 0 Å². The van der Waals surface area contributed by atoms with E-state index in [2.05, 4.69) is 52.7 Å². The van der Waals surface area contributed by atoms with Gasteiger partial charge >= 0.3 is 0 Å². The fourth-order valence-electron chi connectivity index (χ4n) is 2.72. The topological polar surface area (TPSA) is 42.7 Å². The molecule has 1 aliphatic carbocycles. The number of nitrogens with one attached hydrogen (secondary N) is 1. The van der Waals surface area contributed by atoms with E-state index >= 15 is 0 Å². The van der Waals surface area contributed by atoms with E-state index in [0.29, 0.717) is 12.0 Å². The van der Waals surface area contributed by atoms with Crippen molar-refractivity contribution >= 4 is 11.8 Å². The quantitative estimate of drug-likeness (QED) is 0.801. The van der Waals surface area contributed by atoms with Gasteiger partial charge in [-0.1, -0.05) is 26.7 Å². The highest BCUT2D eigenvalue weighted by molar-refractivity contribution is 7.99. The smallest absolute Gasteiger partial charge is 0.138 e. The lowest BCUT2D eigenvalue weighted by atomic mass is 10.2. The van der Waals surface area contributed by atoms with E-state index in [1.807, 2.05) is 0 Å². The average molecular weight is 296 g/mol. The first-order chi connectivity index (χ1) is 9.69. The van der Waals surface area contributed by atoms with Crippen LogP contribution in [0.3, 0.4) is 0 Å². The van der Waals surface area contributed by atoms with Gasteiger partial charge in [-0.25, -0.2) is 9.67 Å². The molecule has 2 rings (SSSR count). The van der Waals surface area contributed by atoms with Gasteiger partial charge < -0.3 is 5.32 Å². The van der Waals surface area contributed by atoms with E-state index in [0.717, 1.165) is 24.0 Å². The fraction of sp³-hybridized carbons (Fsp3) is 0.867. The molecule has 20 heavy (non-hydrogen) atoms. The van der Waals surface area contributed by atoms with Crippen LogP contribution in [0, 0.1) is 5.92 Å². The van der Waals surface area contributed by atoms with E-state index in [1.54, 1.807) is 6.33 Å². The van der Waals surface area contributed by atoms with E-state index in [4.69, 9.17) is 0 Å². The highest BCUT2D eigenvalue weighted by atomic mass is 32.2. The molecule has 1 atom stereocenters. The molecule has 5 heteroatoms. The summed E-state index contributed by atoms with van der Waals surface area (Å²) in [6.45, 7) is 5.40. The maximum absolute atomic E-state index is 4.44. The SMILES string of the molecule is CNC(CSC1CCCC1)Cc1ncnn1CC(C)C. The lowest BCUT2D eigenvalue weighted by Gasteiger charge is -2.18. The molecule has 1 unspecified atom stereocenters. The molecule has 0 radical (unpaired) electrons. The summed E-state index contributed by atoms with van der Waals surface area (Å²) in [5.41, 5.74) is 0. The Morgan fingerprint density at radius 3 is 2.80 bits per heavy atom. The summed E-state index contributed by atoms with van der Waals surface area (Å²) in [7, 11) is 2.06. The highest BCUT2D eigenvalue weighted by Gasteiger charge is 2.19. The Morgan fingerprint density at radius 1 is 1.40 bits per heavy atom. The Bertz CT molecular complexity index is 385. The van der Waals surface area contributed by atoms with Crippen molar-refractivity contribution in [3.8, 4) is 0 Å². The Morgan fingerprint density at radius 2 is 2.15 bits per heavy atom. The number of aromatic nitrogens is 3. The Labute approximate surface area is 127 Å². The van der Waals surface area contributed by atoms with Gasteiger partial charge in [-0.3, -0.25) is 0 Å². The van der Waals surface area contributed by atoms with Crippen molar-refractivity contribution in [3.05, 3.63) is 12.2 Å². The molecule has 0 bridgehead atoms. The number of likely N-dealkylation sites (N-methyl/N-ethyl adjacent to an activating group) is 1. The molecule has 0 aliphatic heterocycles. The van der Waals surface area contributed by atoms with Crippen molar-refractivity contribution in [3.63, 3.8) is 0 Å². The predicted molar refractivity (Wildman–Crippen MR) is 86.1 cm³/mol. The maximum Gasteiger partial charge on any atom is 0.138 e. The lowest BCUT2D eigenvalue weighted by Crippen LogP contribution is -2.32. The lowest BCUT2D eigenvalue weighted by molar-refractivity contribution is 0.455. The summed E-state index contributed by atoms with van der Waals surface area (Å²) in [6, 6.07) is 0.496. The van der Waals surface area contributed by atoms with Gasteiger partial charge in [0, 0.05) is 30.0 Å². The number of nitrogens with zero attached hydrogens (tertiary/aromatic N) is 3. The number of hydrogen-bond donors (Lipinski definition) is 1. The zero-order valence-corrected chi connectivity index (χ0v) is 13.8. The third-order valence-corrected chi connectivity index (χ3v) is 5.44. The summed E-state index contributed by atoms with van der Waals surface area (Å²) in [4.78, 5) is 4.44. The molecular formula is C15H28N4S. The van der Waals surface area contributed by atoms with E-state index < -0.39 is 0 Å². The highest BCUT2D eigenvalue weighted by Crippen LogP contribution is 2.29. The van der Waals surface area contributed by atoms with Gasteiger partial charge in [-0.05, 0) is 25.8 Å². The van der Waals surface area contributed by atoms with Crippen molar-refractivity contribution in [2.45, 2.75) is 63.8 Å². The van der Waals surface area contributed by atoms with Gasteiger partial charge in [0.2, 0.25) is 0 Å². The first-order valence-corrected chi connectivity index (χ1v) is 8.89. The number of hydrogen-bond acceptors (Lipinski definition) is 4. The van der Waals surface area contributed by atoms with Crippen LogP contribution < -0.4 is 5.32 Å². The third-order valence-electron chi connectivity index (χ3n) is 3.91. The second-order valence-corrected chi connectivity index (χ2v) is 7.52. The van der Waals surface area contributed by atoms with Gasteiger partial charge in [0.05, 0.1) is 0 Å². The van der Waals surface area contributed by atoms with Gasteiger partial charge in [-0.15, -0.1) is 0 Å². The van der Waals surface area contributed by atoms with Gasteiger partial charge in [0.25, 0.3) is 0 Å². The van der Waals surface area contributed by atoms with Gasteiger partial charge in [0.15, 0.2) is 0 Å². The number of rotatable bonds is 8. The van der Waals surface area contributed by atoms with Gasteiger partial charge in [0.1, 0.15) is 12.2 Å². The van der Waals surface area contributed by atoms with Crippen LogP contribution in [0.5, 0.6) is 0 Å². The van der Waals surface area contributed by atoms with Crippen LogP contribution in [0.4, 0.5) is 0 Å². The molecule has 1 aromatic rings. The van der Waals surface area contributed by atoms with Crippen molar-refractivity contribution in [1.29, 1.82) is 0 Å². The van der Waals surface area contributed by atoms with E-state index in [1.165, 1.54) is 31.4 Å². The van der Waals surface area contributed by atoms with Crippen LogP contribution in [-0.4, -0.2) is 38.9 Å². The molecule has 1 N–H and O–H groups in total. The maximum atomic E-state index is 4.44. The normalized spacial score (nSPS) is 18.0. The molecule has 1 saturated carbocycles. The Kier molecular flexibility index (Phi) is 6.36. The molecule has 0 saturated heterocycles. The van der Waals surface area contributed by atoms with Crippen molar-refractivity contribution in [2.24, 2.45) is 5.92 Å². The van der Waals surface area contributed by atoms with Crippen LogP contribution in [0.1, 0.15) is 45.4 Å². The first-order valence-electron chi connectivity index (χ1n) is 7.84. The molecular weight excluding hydrogens is 268 g/mol.